The van der Waals surface area contributed by atoms with Crippen molar-refractivity contribution < 1.29 is 4.79 Å². The molecule has 1 aromatic rings. The van der Waals surface area contributed by atoms with Gasteiger partial charge < -0.3 is 11.1 Å². The molecule has 0 bridgehead atoms. The molecule has 0 spiro atoms. The Morgan fingerprint density at radius 1 is 1.35 bits per heavy atom. The zero-order valence-corrected chi connectivity index (χ0v) is 12.5. The van der Waals surface area contributed by atoms with E-state index in [1.807, 2.05) is 25.1 Å². The van der Waals surface area contributed by atoms with E-state index in [1.165, 1.54) is 44.1 Å². The van der Waals surface area contributed by atoms with Crippen molar-refractivity contribution in [1.82, 2.24) is 5.32 Å². The van der Waals surface area contributed by atoms with Crippen LogP contribution in [0.1, 0.15) is 60.0 Å². The number of benzene rings is 1. The van der Waals surface area contributed by atoms with Crippen molar-refractivity contribution in [2.24, 2.45) is 11.7 Å². The molecule has 1 fully saturated rings. The molecule has 1 aromatic carbocycles. The predicted octanol–water partition coefficient (Wildman–Crippen LogP) is 3.15. The summed E-state index contributed by atoms with van der Waals surface area (Å²) < 4.78 is 0. The summed E-state index contributed by atoms with van der Waals surface area (Å²) in [7, 11) is 0. The third-order valence-electron chi connectivity index (χ3n) is 4.38. The summed E-state index contributed by atoms with van der Waals surface area (Å²) in [5.74, 6) is 0.623. The molecule has 2 rings (SSSR count). The standard InChI is InChI=1S/C17H26N2O/c1-13-11-15(17(18)20)8-9-16(13)12-19-10-4-7-14-5-2-3-6-14/h8-9,11,14,19H,2-7,10,12H2,1H3,(H2,18,20). The zero-order chi connectivity index (χ0) is 14.4. The minimum absolute atomic E-state index is 0.357. The SMILES string of the molecule is Cc1cc(C(N)=O)ccc1CNCCCC1CCCC1. The van der Waals surface area contributed by atoms with E-state index in [1.54, 1.807) is 0 Å². The average Bonchev–Trinajstić information content (AvgIpc) is 2.93. The first-order valence-corrected chi connectivity index (χ1v) is 7.77. The summed E-state index contributed by atoms with van der Waals surface area (Å²) in [6.07, 6.45) is 8.38. The smallest absolute Gasteiger partial charge is 0.248 e. The lowest BCUT2D eigenvalue weighted by molar-refractivity contribution is 0.1000. The van der Waals surface area contributed by atoms with Crippen LogP contribution < -0.4 is 11.1 Å². The Kier molecular flexibility index (Phi) is 5.60. The average molecular weight is 274 g/mol. The number of carbonyl (C=O) groups excluding carboxylic acids is 1. The number of nitrogens with two attached hydrogens (primary N) is 1. The second-order valence-electron chi connectivity index (χ2n) is 5.98. The molecule has 1 amide bonds. The lowest BCUT2D eigenvalue weighted by atomic mass is 10.0. The highest BCUT2D eigenvalue weighted by Gasteiger charge is 2.13. The summed E-state index contributed by atoms with van der Waals surface area (Å²) in [4.78, 5) is 11.1. The number of carbonyl (C=O) groups is 1. The number of aryl methyl sites for hydroxylation is 1. The minimum Gasteiger partial charge on any atom is -0.366 e. The Bertz CT molecular complexity index is 450. The van der Waals surface area contributed by atoms with Crippen LogP contribution >= 0.6 is 0 Å². The van der Waals surface area contributed by atoms with Crippen molar-refractivity contribution >= 4 is 5.91 Å². The normalized spacial score (nSPS) is 15.7. The highest BCUT2D eigenvalue weighted by Crippen LogP contribution is 2.28. The van der Waals surface area contributed by atoms with Crippen molar-refractivity contribution in [2.45, 2.75) is 52.0 Å². The van der Waals surface area contributed by atoms with Crippen molar-refractivity contribution in [3.8, 4) is 0 Å². The Morgan fingerprint density at radius 2 is 2.10 bits per heavy atom. The molecule has 0 atom stereocenters. The lowest BCUT2D eigenvalue weighted by Crippen LogP contribution is -2.17. The first-order valence-electron chi connectivity index (χ1n) is 7.77. The van der Waals surface area contributed by atoms with Crippen molar-refractivity contribution in [1.29, 1.82) is 0 Å². The van der Waals surface area contributed by atoms with Gasteiger partial charge in [0.15, 0.2) is 0 Å². The number of rotatable bonds is 7. The van der Waals surface area contributed by atoms with E-state index < -0.39 is 0 Å². The number of hydrogen-bond donors (Lipinski definition) is 2. The molecule has 1 aliphatic carbocycles. The van der Waals surface area contributed by atoms with Crippen LogP contribution in [0.25, 0.3) is 0 Å². The minimum atomic E-state index is -0.357. The topological polar surface area (TPSA) is 55.1 Å². The summed E-state index contributed by atoms with van der Waals surface area (Å²) >= 11 is 0. The summed E-state index contributed by atoms with van der Waals surface area (Å²) in [6, 6.07) is 5.68. The van der Waals surface area contributed by atoms with Crippen molar-refractivity contribution in [2.75, 3.05) is 6.54 Å². The van der Waals surface area contributed by atoms with Gasteiger partial charge in [0.1, 0.15) is 0 Å². The Hall–Kier alpha value is -1.35. The van der Waals surface area contributed by atoms with Crippen LogP contribution in [0.15, 0.2) is 18.2 Å². The Labute approximate surface area is 121 Å². The van der Waals surface area contributed by atoms with Crippen LogP contribution in [0.4, 0.5) is 0 Å². The van der Waals surface area contributed by atoms with Gasteiger partial charge in [-0.1, -0.05) is 31.7 Å². The van der Waals surface area contributed by atoms with Gasteiger partial charge >= 0.3 is 0 Å². The van der Waals surface area contributed by atoms with Crippen LogP contribution in [0.3, 0.4) is 0 Å². The van der Waals surface area contributed by atoms with Gasteiger partial charge in [-0.2, -0.15) is 0 Å². The maximum Gasteiger partial charge on any atom is 0.248 e. The predicted molar refractivity (Wildman–Crippen MR) is 82.6 cm³/mol. The van der Waals surface area contributed by atoms with Gasteiger partial charge in [-0.3, -0.25) is 4.79 Å². The number of primary amides is 1. The molecule has 0 heterocycles. The molecule has 0 aliphatic heterocycles. The molecule has 1 saturated carbocycles. The number of amides is 1. The highest BCUT2D eigenvalue weighted by atomic mass is 16.1. The number of nitrogens with one attached hydrogen (secondary N) is 1. The van der Waals surface area contributed by atoms with E-state index >= 15 is 0 Å². The molecule has 3 nitrogen and oxygen atoms in total. The van der Waals surface area contributed by atoms with E-state index in [-0.39, 0.29) is 5.91 Å². The van der Waals surface area contributed by atoms with Gasteiger partial charge in [0, 0.05) is 12.1 Å². The molecule has 3 heteroatoms. The largest absolute Gasteiger partial charge is 0.366 e. The summed E-state index contributed by atoms with van der Waals surface area (Å²) in [5.41, 5.74) is 8.24. The molecule has 0 saturated heterocycles. The van der Waals surface area contributed by atoms with Crippen molar-refractivity contribution in [3.05, 3.63) is 34.9 Å². The first kappa shape index (κ1) is 15.0. The van der Waals surface area contributed by atoms with Crippen LogP contribution in [0.2, 0.25) is 0 Å². The zero-order valence-electron chi connectivity index (χ0n) is 12.5. The molecule has 0 unspecified atom stereocenters. The Morgan fingerprint density at radius 3 is 2.75 bits per heavy atom. The molecular formula is C17H26N2O. The monoisotopic (exact) mass is 274 g/mol. The maximum atomic E-state index is 11.1. The molecule has 0 radical (unpaired) electrons. The van der Waals surface area contributed by atoms with Gasteiger partial charge in [0.05, 0.1) is 0 Å². The van der Waals surface area contributed by atoms with Gasteiger partial charge in [-0.05, 0) is 55.5 Å². The van der Waals surface area contributed by atoms with Crippen LogP contribution in [-0.2, 0) is 6.54 Å². The number of hydrogen-bond acceptors (Lipinski definition) is 2. The fraction of sp³-hybridized carbons (Fsp3) is 0.588. The third-order valence-corrected chi connectivity index (χ3v) is 4.38. The fourth-order valence-electron chi connectivity index (χ4n) is 3.09. The third kappa shape index (κ3) is 4.34. The highest BCUT2D eigenvalue weighted by molar-refractivity contribution is 5.93. The maximum absolute atomic E-state index is 11.1. The lowest BCUT2D eigenvalue weighted by Gasteiger charge is -2.11. The first-order chi connectivity index (χ1) is 9.66. The van der Waals surface area contributed by atoms with E-state index in [2.05, 4.69) is 5.32 Å². The molecule has 3 N–H and O–H groups in total. The van der Waals surface area contributed by atoms with Crippen molar-refractivity contribution in [3.63, 3.8) is 0 Å². The van der Waals surface area contributed by atoms with Crippen LogP contribution in [-0.4, -0.2) is 12.5 Å². The van der Waals surface area contributed by atoms with E-state index in [4.69, 9.17) is 5.73 Å². The second-order valence-corrected chi connectivity index (χ2v) is 5.98. The Balaban J connectivity index is 1.69. The van der Waals surface area contributed by atoms with Gasteiger partial charge in [0.25, 0.3) is 0 Å². The molecule has 0 aromatic heterocycles. The van der Waals surface area contributed by atoms with E-state index in [9.17, 15) is 4.79 Å². The molecule has 1 aliphatic rings. The summed E-state index contributed by atoms with van der Waals surface area (Å²) in [5, 5.41) is 3.50. The second kappa shape index (κ2) is 7.44. The van der Waals surface area contributed by atoms with Gasteiger partial charge in [-0.25, -0.2) is 0 Å². The molecular weight excluding hydrogens is 248 g/mol. The summed E-state index contributed by atoms with van der Waals surface area (Å²) in [6.45, 7) is 3.98. The van der Waals surface area contributed by atoms with Crippen LogP contribution in [0, 0.1) is 12.8 Å². The van der Waals surface area contributed by atoms with Gasteiger partial charge in [0.2, 0.25) is 5.91 Å². The van der Waals surface area contributed by atoms with Crippen LogP contribution in [0.5, 0.6) is 0 Å². The molecule has 20 heavy (non-hydrogen) atoms. The quantitative estimate of drug-likeness (QED) is 0.750. The molecule has 110 valence electrons. The van der Waals surface area contributed by atoms with E-state index in [0.29, 0.717) is 5.56 Å². The van der Waals surface area contributed by atoms with E-state index in [0.717, 1.165) is 24.6 Å². The van der Waals surface area contributed by atoms with Gasteiger partial charge in [-0.15, -0.1) is 0 Å². The fourth-order valence-corrected chi connectivity index (χ4v) is 3.09.